The summed E-state index contributed by atoms with van der Waals surface area (Å²) in [7, 11) is -4.39. The molecule has 1 unspecified atom stereocenters. The van der Waals surface area contributed by atoms with Crippen molar-refractivity contribution >= 4 is 38.6 Å². The van der Waals surface area contributed by atoms with Crippen molar-refractivity contribution in [3.8, 4) is 0 Å². The maximum atomic E-state index is 11.8. The Kier molecular flexibility index (Phi) is 5.63. The van der Waals surface area contributed by atoms with E-state index in [1.807, 2.05) is 12.1 Å². The van der Waals surface area contributed by atoms with Gasteiger partial charge in [-0.3, -0.25) is 4.79 Å². The van der Waals surface area contributed by atoms with Crippen LogP contribution in [0.1, 0.15) is 15.9 Å². The number of carbonyl (C=O) groups is 1. The van der Waals surface area contributed by atoms with Crippen LogP contribution in [0.4, 0.5) is 0 Å². The van der Waals surface area contributed by atoms with Gasteiger partial charge in [-0.15, -0.1) is 0 Å². The minimum atomic E-state index is -4.39. The van der Waals surface area contributed by atoms with Crippen LogP contribution in [0.2, 0.25) is 0 Å². The Balaban J connectivity index is 0.00000162. The molecule has 92 valence electrons. The second-order valence-corrected chi connectivity index (χ2v) is 6.03. The second-order valence-electron chi connectivity index (χ2n) is 3.74. The minimum absolute atomic E-state index is 0. The Morgan fingerprint density at radius 2 is 1.94 bits per heavy atom. The van der Waals surface area contributed by atoms with Crippen LogP contribution in [-0.4, -0.2) is 35.7 Å². The molecule has 0 spiro atoms. The maximum absolute atomic E-state index is 11.8. The van der Waals surface area contributed by atoms with Gasteiger partial charge in [0.05, 0.1) is 6.54 Å². The fourth-order valence-corrected chi connectivity index (χ4v) is 2.74. The summed E-state index contributed by atoms with van der Waals surface area (Å²) in [6, 6.07) is 6.90. The van der Waals surface area contributed by atoms with E-state index in [9.17, 15) is 17.8 Å². The SMILES string of the molecule is O=C(c1ccc(CI)cc1)N1CC1S(=O)(=O)[O-].[Na+]. The third kappa shape index (κ3) is 3.67. The molecule has 1 heterocycles. The van der Waals surface area contributed by atoms with Crippen molar-refractivity contribution in [1.29, 1.82) is 0 Å². The van der Waals surface area contributed by atoms with E-state index in [2.05, 4.69) is 22.6 Å². The van der Waals surface area contributed by atoms with Crippen LogP contribution in [0.3, 0.4) is 0 Å². The summed E-state index contributed by atoms with van der Waals surface area (Å²) in [6.45, 7) is -0.00129. The van der Waals surface area contributed by atoms with Crippen molar-refractivity contribution in [2.45, 2.75) is 9.80 Å². The van der Waals surface area contributed by atoms with E-state index in [1.54, 1.807) is 12.1 Å². The Bertz CT molecular complexity index is 546. The van der Waals surface area contributed by atoms with Gasteiger partial charge in [0, 0.05) is 9.99 Å². The Morgan fingerprint density at radius 3 is 2.33 bits per heavy atom. The number of rotatable bonds is 3. The molecule has 1 atom stereocenters. The monoisotopic (exact) mass is 389 g/mol. The van der Waals surface area contributed by atoms with Crippen LogP contribution in [0.25, 0.3) is 0 Å². The number of hydrogen-bond donors (Lipinski definition) is 0. The number of hydrogen-bond acceptors (Lipinski definition) is 4. The van der Waals surface area contributed by atoms with E-state index in [1.165, 1.54) is 0 Å². The number of nitrogens with zero attached hydrogens (tertiary/aromatic N) is 1. The summed E-state index contributed by atoms with van der Waals surface area (Å²) in [5.74, 6) is -0.408. The van der Waals surface area contributed by atoms with Crippen molar-refractivity contribution in [3.05, 3.63) is 35.4 Å². The van der Waals surface area contributed by atoms with Crippen LogP contribution < -0.4 is 29.6 Å². The molecule has 0 aliphatic carbocycles. The molecular weight excluding hydrogens is 380 g/mol. The zero-order chi connectivity index (χ0) is 12.6. The number of benzene rings is 1. The first-order valence-corrected chi connectivity index (χ1v) is 7.84. The van der Waals surface area contributed by atoms with Gasteiger partial charge in [-0.2, -0.15) is 0 Å². The topological polar surface area (TPSA) is 77.3 Å². The van der Waals surface area contributed by atoms with Gasteiger partial charge in [0.25, 0.3) is 5.91 Å². The second kappa shape index (κ2) is 6.19. The predicted molar refractivity (Wildman–Crippen MR) is 68.7 cm³/mol. The molecule has 1 aliphatic rings. The molecule has 1 aliphatic heterocycles. The zero-order valence-corrected chi connectivity index (χ0v) is 14.6. The molecule has 1 fully saturated rings. The fourth-order valence-electron chi connectivity index (χ4n) is 1.48. The van der Waals surface area contributed by atoms with Gasteiger partial charge >= 0.3 is 29.6 Å². The number of amides is 1. The minimum Gasteiger partial charge on any atom is -0.746 e. The number of halogens is 1. The summed E-state index contributed by atoms with van der Waals surface area (Å²) in [5, 5.41) is -1.18. The van der Waals surface area contributed by atoms with Gasteiger partial charge in [0.15, 0.2) is 0 Å². The van der Waals surface area contributed by atoms with Gasteiger partial charge < -0.3 is 9.45 Å². The van der Waals surface area contributed by atoms with Crippen LogP contribution in [0.5, 0.6) is 0 Å². The number of alkyl halides is 1. The largest absolute Gasteiger partial charge is 1.00 e. The number of carbonyl (C=O) groups excluding carboxylic acids is 1. The van der Waals surface area contributed by atoms with E-state index in [-0.39, 0.29) is 36.1 Å². The van der Waals surface area contributed by atoms with Crippen LogP contribution >= 0.6 is 22.6 Å². The molecule has 8 heteroatoms. The molecule has 2 rings (SSSR count). The normalized spacial score (nSPS) is 18.1. The Labute approximate surface area is 141 Å². The average Bonchev–Trinajstić information content (AvgIpc) is 3.08. The maximum Gasteiger partial charge on any atom is 1.00 e. The van der Waals surface area contributed by atoms with E-state index in [0.717, 1.165) is 14.9 Å². The molecule has 0 aromatic heterocycles. The van der Waals surface area contributed by atoms with Gasteiger partial charge in [0.1, 0.15) is 15.5 Å². The van der Waals surface area contributed by atoms with Crippen LogP contribution in [0, 0.1) is 0 Å². The van der Waals surface area contributed by atoms with E-state index in [4.69, 9.17) is 0 Å². The molecule has 0 saturated carbocycles. The molecule has 1 aromatic rings. The zero-order valence-electron chi connectivity index (χ0n) is 9.67. The fraction of sp³-hybridized carbons (Fsp3) is 0.300. The molecule has 0 bridgehead atoms. The summed E-state index contributed by atoms with van der Waals surface area (Å²) >= 11 is 2.21. The predicted octanol–water partition coefficient (Wildman–Crippen LogP) is -2.05. The van der Waals surface area contributed by atoms with E-state index in [0.29, 0.717) is 5.56 Å². The molecule has 1 amide bonds. The summed E-state index contributed by atoms with van der Waals surface area (Å²) in [5.41, 5.74) is 1.49. The summed E-state index contributed by atoms with van der Waals surface area (Å²) in [6.07, 6.45) is 0. The van der Waals surface area contributed by atoms with Gasteiger partial charge in [-0.1, -0.05) is 34.7 Å². The molecule has 5 nitrogen and oxygen atoms in total. The van der Waals surface area contributed by atoms with E-state index >= 15 is 0 Å². The van der Waals surface area contributed by atoms with Crippen molar-refractivity contribution in [1.82, 2.24) is 4.90 Å². The molecule has 0 N–H and O–H groups in total. The van der Waals surface area contributed by atoms with Gasteiger partial charge in [0.2, 0.25) is 0 Å². The van der Waals surface area contributed by atoms with Crippen molar-refractivity contribution in [3.63, 3.8) is 0 Å². The first-order valence-electron chi connectivity index (χ1n) is 4.84. The molecule has 1 aromatic carbocycles. The molecular formula is C10H9INNaO4S. The summed E-state index contributed by atoms with van der Waals surface area (Å²) in [4.78, 5) is 12.8. The Morgan fingerprint density at radius 1 is 1.39 bits per heavy atom. The third-order valence-corrected chi connectivity index (χ3v) is 4.47. The van der Waals surface area contributed by atoms with E-state index < -0.39 is 21.4 Å². The van der Waals surface area contributed by atoms with Crippen LogP contribution in [0.15, 0.2) is 24.3 Å². The average molecular weight is 389 g/mol. The first kappa shape index (κ1) is 16.4. The first-order chi connectivity index (χ1) is 7.93. The smallest absolute Gasteiger partial charge is 0.746 e. The Hall–Kier alpha value is 0.330. The van der Waals surface area contributed by atoms with Crippen molar-refractivity contribution < 1.29 is 47.3 Å². The molecule has 1 saturated heterocycles. The quantitative estimate of drug-likeness (QED) is 0.196. The van der Waals surface area contributed by atoms with Gasteiger partial charge in [-0.25, -0.2) is 8.42 Å². The van der Waals surface area contributed by atoms with Crippen molar-refractivity contribution in [2.24, 2.45) is 0 Å². The molecule has 0 radical (unpaired) electrons. The van der Waals surface area contributed by atoms with Gasteiger partial charge in [-0.05, 0) is 17.7 Å². The standard InChI is InChI=1S/C10H10INO4S.Na/c11-5-7-1-3-8(4-2-7)10(13)12-6-9(12)17(14,15)16;/h1-4,9H,5-6H2,(H,14,15,16);/q;+1/p-1. The molecule has 18 heavy (non-hydrogen) atoms. The van der Waals surface area contributed by atoms with Crippen LogP contribution in [-0.2, 0) is 14.5 Å². The summed E-state index contributed by atoms with van der Waals surface area (Å²) < 4.78 is 32.9. The third-order valence-electron chi connectivity index (χ3n) is 2.52. The van der Waals surface area contributed by atoms with Crippen molar-refractivity contribution in [2.75, 3.05) is 6.54 Å².